The van der Waals surface area contributed by atoms with E-state index in [1.165, 1.54) is 12.8 Å². The maximum atomic E-state index is 11.6. The van der Waals surface area contributed by atoms with Gasteiger partial charge in [-0.2, -0.15) is 0 Å². The largest absolute Gasteiger partial charge is 0.481 e. The Labute approximate surface area is 104 Å². The van der Waals surface area contributed by atoms with Gasteiger partial charge in [-0.05, 0) is 31.6 Å². The second-order valence-electron chi connectivity index (χ2n) is 5.65. The Bertz CT molecular complexity index is 273. The highest BCUT2D eigenvalue weighted by molar-refractivity contribution is 5.76. The lowest BCUT2D eigenvalue weighted by Gasteiger charge is -2.30. The lowest BCUT2D eigenvalue weighted by atomic mass is 9.75. The molecule has 2 atom stereocenters. The van der Waals surface area contributed by atoms with Crippen LogP contribution in [0.4, 0.5) is 0 Å². The minimum absolute atomic E-state index is 0.00151. The molecule has 1 N–H and O–H groups in total. The van der Waals surface area contributed by atoms with E-state index in [2.05, 4.69) is 6.92 Å². The molecule has 2 fully saturated rings. The van der Waals surface area contributed by atoms with Crippen LogP contribution in [-0.4, -0.2) is 23.8 Å². The van der Waals surface area contributed by atoms with Crippen LogP contribution in [0.15, 0.2) is 0 Å². The van der Waals surface area contributed by atoms with Crippen molar-refractivity contribution < 1.29 is 14.6 Å². The van der Waals surface area contributed by atoms with Gasteiger partial charge in [-0.25, -0.2) is 0 Å². The SMILES string of the molecule is CCCCCCC1(C(=O)O)CCOC1C1CC1. The summed E-state index contributed by atoms with van der Waals surface area (Å²) < 4.78 is 5.73. The lowest BCUT2D eigenvalue weighted by Crippen LogP contribution is -2.40. The molecule has 3 heteroatoms. The second kappa shape index (κ2) is 5.38. The van der Waals surface area contributed by atoms with Crippen LogP contribution in [0.2, 0.25) is 0 Å². The molecule has 2 rings (SSSR count). The predicted octanol–water partition coefficient (Wildman–Crippen LogP) is 3.23. The first-order valence-electron chi connectivity index (χ1n) is 7.05. The Balaban J connectivity index is 1.95. The number of carbonyl (C=O) groups is 1. The van der Waals surface area contributed by atoms with Crippen molar-refractivity contribution in [2.24, 2.45) is 11.3 Å². The third-order valence-electron chi connectivity index (χ3n) is 4.34. The lowest BCUT2D eigenvalue weighted by molar-refractivity contribution is -0.154. The van der Waals surface area contributed by atoms with Gasteiger partial charge in [0, 0.05) is 6.61 Å². The summed E-state index contributed by atoms with van der Waals surface area (Å²) in [4.78, 5) is 11.6. The standard InChI is InChI=1S/C14H24O3/c1-2-3-4-5-8-14(13(15)16)9-10-17-12(14)11-6-7-11/h11-12H,2-10H2,1H3,(H,15,16). The summed E-state index contributed by atoms with van der Waals surface area (Å²) in [5, 5.41) is 9.59. The summed E-state index contributed by atoms with van der Waals surface area (Å²) in [5.74, 6) is -0.0943. The maximum Gasteiger partial charge on any atom is 0.312 e. The fourth-order valence-electron chi connectivity index (χ4n) is 3.13. The Morgan fingerprint density at radius 1 is 1.35 bits per heavy atom. The molecule has 0 amide bonds. The topological polar surface area (TPSA) is 46.5 Å². The number of ether oxygens (including phenoxy) is 1. The minimum atomic E-state index is -0.622. The van der Waals surface area contributed by atoms with Gasteiger partial charge in [0.2, 0.25) is 0 Å². The van der Waals surface area contributed by atoms with Crippen molar-refractivity contribution in [1.82, 2.24) is 0 Å². The molecular formula is C14H24O3. The van der Waals surface area contributed by atoms with Crippen LogP contribution in [0.1, 0.15) is 58.3 Å². The van der Waals surface area contributed by atoms with Gasteiger partial charge < -0.3 is 9.84 Å². The van der Waals surface area contributed by atoms with E-state index in [0.29, 0.717) is 12.5 Å². The molecule has 0 radical (unpaired) electrons. The van der Waals surface area contributed by atoms with Crippen molar-refractivity contribution in [1.29, 1.82) is 0 Å². The zero-order chi connectivity index (χ0) is 12.3. The molecule has 2 aliphatic rings. The van der Waals surface area contributed by atoms with Crippen molar-refractivity contribution in [3.8, 4) is 0 Å². The van der Waals surface area contributed by atoms with Crippen LogP contribution in [0, 0.1) is 11.3 Å². The molecule has 17 heavy (non-hydrogen) atoms. The van der Waals surface area contributed by atoms with Crippen molar-refractivity contribution in [3.05, 3.63) is 0 Å². The van der Waals surface area contributed by atoms with Crippen LogP contribution in [-0.2, 0) is 9.53 Å². The van der Waals surface area contributed by atoms with Crippen molar-refractivity contribution >= 4 is 5.97 Å². The fourth-order valence-corrected chi connectivity index (χ4v) is 3.13. The Morgan fingerprint density at radius 3 is 2.71 bits per heavy atom. The molecule has 0 aromatic carbocycles. The summed E-state index contributed by atoms with van der Waals surface area (Å²) in [5.41, 5.74) is -0.561. The smallest absolute Gasteiger partial charge is 0.312 e. The van der Waals surface area contributed by atoms with Gasteiger partial charge in [-0.1, -0.05) is 32.6 Å². The van der Waals surface area contributed by atoms with Crippen molar-refractivity contribution in [3.63, 3.8) is 0 Å². The molecule has 0 bridgehead atoms. The highest BCUT2D eigenvalue weighted by Crippen LogP contribution is 2.50. The molecule has 3 nitrogen and oxygen atoms in total. The first-order chi connectivity index (χ1) is 8.20. The van der Waals surface area contributed by atoms with Crippen molar-refractivity contribution in [2.45, 2.75) is 64.4 Å². The molecule has 1 saturated heterocycles. The van der Waals surface area contributed by atoms with Gasteiger partial charge in [-0.3, -0.25) is 4.79 Å². The van der Waals surface area contributed by atoms with E-state index in [1.54, 1.807) is 0 Å². The normalized spacial score (nSPS) is 32.9. The average molecular weight is 240 g/mol. The number of carboxylic acid groups (broad SMARTS) is 1. The molecule has 0 aromatic rings. The van der Waals surface area contributed by atoms with Crippen LogP contribution in [0.25, 0.3) is 0 Å². The minimum Gasteiger partial charge on any atom is -0.481 e. The summed E-state index contributed by atoms with van der Waals surface area (Å²) in [6.07, 6.45) is 8.45. The number of aliphatic carboxylic acids is 1. The zero-order valence-electron chi connectivity index (χ0n) is 10.8. The Kier molecular flexibility index (Phi) is 4.08. The molecule has 0 aromatic heterocycles. The van der Waals surface area contributed by atoms with Gasteiger partial charge in [0.25, 0.3) is 0 Å². The molecule has 1 aliphatic heterocycles. The number of carboxylic acids is 1. The second-order valence-corrected chi connectivity index (χ2v) is 5.65. The summed E-state index contributed by atoms with van der Waals surface area (Å²) in [6.45, 7) is 2.82. The quantitative estimate of drug-likeness (QED) is 0.695. The van der Waals surface area contributed by atoms with Gasteiger partial charge in [0.1, 0.15) is 0 Å². The van der Waals surface area contributed by atoms with Crippen LogP contribution in [0.5, 0.6) is 0 Å². The number of hydrogen-bond donors (Lipinski definition) is 1. The molecule has 0 spiro atoms. The molecule has 1 aliphatic carbocycles. The Morgan fingerprint density at radius 2 is 2.12 bits per heavy atom. The van der Waals surface area contributed by atoms with E-state index >= 15 is 0 Å². The first kappa shape index (κ1) is 12.9. The Hall–Kier alpha value is -0.570. The van der Waals surface area contributed by atoms with Gasteiger partial charge in [0.15, 0.2) is 0 Å². The summed E-state index contributed by atoms with van der Waals surface area (Å²) >= 11 is 0. The monoisotopic (exact) mass is 240 g/mol. The van der Waals surface area contributed by atoms with Gasteiger partial charge in [-0.15, -0.1) is 0 Å². The average Bonchev–Trinajstić information content (AvgIpc) is 3.05. The van der Waals surface area contributed by atoms with Crippen LogP contribution in [0.3, 0.4) is 0 Å². The first-order valence-corrected chi connectivity index (χ1v) is 7.05. The third kappa shape index (κ3) is 2.65. The van der Waals surface area contributed by atoms with E-state index in [9.17, 15) is 9.90 Å². The molecule has 2 unspecified atom stereocenters. The van der Waals surface area contributed by atoms with Crippen LogP contribution >= 0.6 is 0 Å². The molecular weight excluding hydrogens is 216 g/mol. The predicted molar refractivity (Wildman–Crippen MR) is 65.9 cm³/mol. The fraction of sp³-hybridized carbons (Fsp3) is 0.929. The van der Waals surface area contributed by atoms with E-state index < -0.39 is 11.4 Å². The number of rotatable bonds is 7. The number of hydrogen-bond acceptors (Lipinski definition) is 2. The highest BCUT2D eigenvalue weighted by atomic mass is 16.5. The van der Waals surface area contributed by atoms with Crippen LogP contribution < -0.4 is 0 Å². The van der Waals surface area contributed by atoms with E-state index in [1.807, 2.05) is 0 Å². The van der Waals surface area contributed by atoms with E-state index in [4.69, 9.17) is 4.74 Å². The van der Waals surface area contributed by atoms with E-state index in [-0.39, 0.29) is 6.10 Å². The summed E-state index contributed by atoms with van der Waals surface area (Å²) in [6, 6.07) is 0. The van der Waals surface area contributed by atoms with Crippen molar-refractivity contribution in [2.75, 3.05) is 6.61 Å². The third-order valence-corrected chi connectivity index (χ3v) is 4.34. The van der Waals surface area contributed by atoms with E-state index in [0.717, 1.165) is 38.5 Å². The summed E-state index contributed by atoms with van der Waals surface area (Å²) in [7, 11) is 0. The molecule has 1 saturated carbocycles. The van der Waals surface area contributed by atoms with Gasteiger partial charge in [0.05, 0.1) is 11.5 Å². The number of unbranched alkanes of at least 4 members (excludes halogenated alkanes) is 3. The zero-order valence-corrected chi connectivity index (χ0v) is 10.8. The highest BCUT2D eigenvalue weighted by Gasteiger charge is 2.55. The molecule has 98 valence electrons. The maximum absolute atomic E-state index is 11.6. The van der Waals surface area contributed by atoms with Gasteiger partial charge >= 0.3 is 5.97 Å². The molecule has 1 heterocycles.